The molecule has 0 aliphatic rings. The first kappa shape index (κ1) is 19.0. The van der Waals surface area contributed by atoms with E-state index < -0.39 is 36.5 Å². The normalized spacial score (nSPS) is 8.82. The predicted octanol–water partition coefficient (Wildman–Crippen LogP) is -0.102. The largest absolute Gasteiger partial charge is 0.414 e. The Morgan fingerprint density at radius 2 is 0.818 bits per heavy atom. The van der Waals surface area contributed by atoms with Crippen molar-refractivity contribution < 1.29 is 38.1 Å². The summed E-state index contributed by atoms with van der Waals surface area (Å²) in [5.41, 5.74) is 0. The molecule has 0 saturated heterocycles. The average molecular weight is 310 g/mol. The molecule has 22 heavy (non-hydrogen) atoms. The highest BCUT2D eigenvalue weighted by atomic mass is 16.7. The molecule has 8 nitrogen and oxygen atoms in total. The van der Waals surface area contributed by atoms with Crippen molar-refractivity contribution >= 4 is 23.9 Å². The fourth-order valence-electron chi connectivity index (χ4n) is 0.959. The van der Waals surface area contributed by atoms with Crippen LogP contribution in [0.3, 0.4) is 0 Å². The van der Waals surface area contributed by atoms with Crippen molar-refractivity contribution in [3.8, 4) is 23.7 Å². The second-order valence-electron chi connectivity index (χ2n) is 3.64. The van der Waals surface area contributed by atoms with Crippen molar-refractivity contribution in [2.75, 3.05) is 0 Å². The highest BCUT2D eigenvalue weighted by Gasteiger charge is 2.12. The molecule has 0 spiro atoms. The molecule has 0 aliphatic carbocycles. The van der Waals surface area contributed by atoms with Crippen LogP contribution < -0.4 is 0 Å². The Bertz CT molecular complexity index is 485. The van der Waals surface area contributed by atoms with E-state index in [-0.39, 0.29) is 0 Å². The van der Waals surface area contributed by atoms with Crippen molar-refractivity contribution in [2.45, 2.75) is 40.3 Å². The zero-order valence-corrected chi connectivity index (χ0v) is 12.4. The Balaban J connectivity index is 4.90. The van der Waals surface area contributed by atoms with Crippen LogP contribution in [0.15, 0.2) is 0 Å². The second kappa shape index (κ2) is 9.83. The average Bonchev–Trinajstić information content (AvgIpc) is 2.31. The van der Waals surface area contributed by atoms with Crippen molar-refractivity contribution in [1.82, 2.24) is 0 Å². The third kappa shape index (κ3) is 10.9. The molecule has 0 radical (unpaired) electrons. The molecular weight excluding hydrogens is 296 g/mol. The van der Waals surface area contributed by atoms with E-state index in [1.165, 1.54) is 0 Å². The third-order valence-electron chi connectivity index (χ3n) is 1.53. The van der Waals surface area contributed by atoms with Crippen LogP contribution in [0.1, 0.15) is 27.7 Å². The van der Waals surface area contributed by atoms with Crippen molar-refractivity contribution in [3.05, 3.63) is 0 Å². The minimum absolute atomic E-state index is 0.703. The predicted molar refractivity (Wildman–Crippen MR) is 70.2 cm³/mol. The Morgan fingerprint density at radius 1 is 0.591 bits per heavy atom. The summed E-state index contributed by atoms with van der Waals surface area (Å²) >= 11 is 0. The van der Waals surface area contributed by atoms with Crippen LogP contribution in [-0.2, 0) is 38.1 Å². The topological polar surface area (TPSA) is 105 Å². The van der Waals surface area contributed by atoms with Gasteiger partial charge in [-0.15, -0.1) is 0 Å². The summed E-state index contributed by atoms with van der Waals surface area (Å²) in [4.78, 5) is 43.1. The van der Waals surface area contributed by atoms with Crippen LogP contribution in [0.4, 0.5) is 0 Å². The Morgan fingerprint density at radius 3 is 1.00 bits per heavy atom. The lowest BCUT2D eigenvalue weighted by Gasteiger charge is -2.10. The summed E-state index contributed by atoms with van der Waals surface area (Å²) in [5.74, 6) is 6.15. The van der Waals surface area contributed by atoms with Crippen LogP contribution in [0.2, 0.25) is 0 Å². The first-order valence-electron chi connectivity index (χ1n) is 5.90. The standard InChI is InChI=1S/C14H14O8/c1-9(15)19-13(20-10(2)16)7-5-6-8-14(21-11(3)17)22-12(4)18/h13-14H,1-4H3. The van der Waals surface area contributed by atoms with E-state index in [1.807, 2.05) is 0 Å². The lowest BCUT2D eigenvalue weighted by atomic mass is 10.5. The molecule has 0 bridgehead atoms. The highest BCUT2D eigenvalue weighted by molar-refractivity contribution is 5.69. The lowest BCUT2D eigenvalue weighted by molar-refractivity contribution is -0.176. The van der Waals surface area contributed by atoms with Gasteiger partial charge in [-0.1, -0.05) is 0 Å². The summed E-state index contributed by atoms with van der Waals surface area (Å²) in [6.07, 6.45) is -2.82. The van der Waals surface area contributed by atoms with Crippen LogP contribution in [0.25, 0.3) is 0 Å². The van der Waals surface area contributed by atoms with Gasteiger partial charge < -0.3 is 18.9 Å². The summed E-state index contributed by atoms with van der Waals surface area (Å²) in [5, 5.41) is 0. The number of hydrogen-bond acceptors (Lipinski definition) is 8. The van der Waals surface area contributed by atoms with Crippen LogP contribution >= 0.6 is 0 Å². The minimum Gasteiger partial charge on any atom is -0.414 e. The molecule has 0 fully saturated rings. The van der Waals surface area contributed by atoms with Gasteiger partial charge in [0.15, 0.2) is 0 Å². The number of rotatable bonds is 4. The fourth-order valence-corrected chi connectivity index (χ4v) is 0.959. The fraction of sp³-hybridized carbons (Fsp3) is 0.429. The van der Waals surface area contributed by atoms with Crippen molar-refractivity contribution in [3.63, 3.8) is 0 Å². The molecule has 0 N–H and O–H groups in total. The number of hydrogen-bond donors (Lipinski definition) is 0. The highest BCUT2D eigenvalue weighted by Crippen LogP contribution is 1.96. The van der Waals surface area contributed by atoms with Crippen LogP contribution in [0.5, 0.6) is 0 Å². The third-order valence-corrected chi connectivity index (χ3v) is 1.53. The summed E-state index contributed by atoms with van der Waals surface area (Å²) in [7, 11) is 0. The Hall–Kier alpha value is -3.00. The molecule has 8 heteroatoms. The number of esters is 4. The van der Waals surface area contributed by atoms with E-state index in [4.69, 9.17) is 0 Å². The molecule has 0 heterocycles. The molecule has 0 aliphatic heterocycles. The molecule has 0 aromatic carbocycles. The van der Waals surface area contributed by atoms with Gasteiger partial charge in [-0.2, -0.15) is 0 Å². The monoisotopic (exact) mass is 310 g/mol. The Kier molecular flexibility index (Phi) is 8.49. The van der Waals surface area contributed by atoms with E-state index in [9.17, 15) is 19.2 Å². The maximum absolute atomic E-state index is 10.8. The van der Waals surface area contributed by atoms with E-state index in [1.54, 1.807) is 0 Å². The summed E-state index contributed by atoms with van der Waals surface area (Å²) < 4.78 is 18.4. The van der Waals surface area contributed by atoms with Crippen LogP contribution in [0, 0.1) is 23.7 Å². The molecule has 0 atom stereocenters. The molecule has 0 amide bonds. The SMILES string of the molecule is CC(=O)OC(C#CC#CC(OC(C)=O)OC(C)=O)OC(C)=O. The van der Waals surface area contributed by atoms with Gasteiger partial charge in [0, 0.05) is 27.7 Å². The first-order valence-corrected chi connectivity index (χ1v) is 5.90. The lowest BCUT2D eigenvalue weighted by Crippen LogP contribution is -2.21. The molecule has 0 aromatic rings. The minimum atomic E-state index is -1.41. The van der Waals surface area contributed by atoms with E-state index >= 15 is 0 Å². The maximum atomic E-state index is 10.8. The first-order chi connectivity index (χ1) is 10.2. The number of carbonyl (C=O) groups is 4. The molecule has 0 rings (SSSR count). The van der Waals surface area contributed by atoms with E-state index in [0.717, 1.165) is 27.7 Å². The van der Waals surface area contributed by atoms with Gasteiger partial charge in [-0.3, -0.25) is 19.2 Å². The van der Waals surface area contributed by atoms with Gasteiger partial charge in [0.25, 0.3) is 0 Å². The van der Waals surface area contributed by atoms with Gasteiger partial charge in [-0.25, -0.2) is 0 Å². The van der Waals surface area contributed by atoms with Gasteiger partial charge in [-0.05, 0) is 23.7 Å². The zero-order valence-electron chi connectivity index (χ0n) is 12.4. The number of ether oxygens (including phenoxy) is 4. The molecule has 118 valence electrons. The Labute approximate surface area is 127 Å². The summed E-state index contributed by atoms with van der Waals surface area (Å²) in [6.45, 7) is 4.45. The van der Waals surface area contributed by atoms with Gasteiger partial charge in [0.2, 0.25) is 0 Å². The van der Waals surface area contributed by atoms with Gasteiger partial charge in [0.1, 0.15) is 0 Å². The van der Waals surface area contributed by atoms with Gasteiger partial charge in [0.05, 0.1) is 0 Å². The smallest absolute Gasteiger partial charge is 0.312 e. The van der Waals surface area contributed by atoms with E-state index in [2.05, 4.69) is 42.6 Å². The maximum Gasteiger partial charge on any atom is 0.312 e. The quantitative estimate of drug-likeness (QED) is 0.402. The molecule has 0 saturated carbocycles. The molecular formula is C14H14O8. The van der Waals surface area contributed by atoms with Crippen LogP contribution in [-0.4, -0.2) is 36.5 Å². The number of carbonyl (C=O) groups excluding carboxylic acids is 4. The summed E-state index contributed by atoms with van der Waals surface area (Å²) in [6, 6.07) is 0. The van der Waals surface area contributed by atoms with Crippen molar-refractivity contribution in [1.29, 1.82) is 0 Å². The zero-order chi connectivity index (χ0) is 17.1. The van der Waals surface area contributed by atoms with E-state index in [0.29, 0.717) is 0 Å². The second-order valence-corrected chi connectivity index (χ2v) is 3.64. The van der Waals surface area contributed by atoms with Crippen molar-refractivity contribution in [2.24, 2.45) is 0 Å². The molecule has 0 aromatic heterocycles. The van der Waals surface area contributed by atoms with Gasteiger partial charge >= 0.3 is 36.5 Å². The molecule has 0 unspecified atom stereocenters.